The zero-order chi connectivity index (χ0) is 23.7. The highest BCUT2D eigenvalue weighted by molar-refractivity contribution is 6.06. The number of carboxylic acids is 2. The van der Waals surface area contributed by atoms with Gasteiger partial charge in [0.1, 0.15) is 0 Å². The van der Waals surface area contributed by atoms with Crippen LogP contribution in [0.1, 0.15) is 43.1 Å². The summed E-state index contributed by atoms with van der Waals surface area (Å²) in [5, 5.41) is 20.0. The summed E-state index contributed by atoms with van der Waals surface area (Å²) in [5.41, 5.74) is 5.39. The lowest BCUT2D eigenvalue weighted by Gasteiger charge is -2.31. The molecule has 0 fully saturated rings. The minimum absolute atomic E-state index is 0.217. The number of fused-ring (bicyclic) bond motifs is 2. The van der Waals surface area contributed by atoms with Crippen molar-refractivity contribution in [2.75, 3.05) is 6.54 Å². The van der Waals surface area contributed by atoms with Gasteiger partial charge in [-0.1, -0.05) is 60.7 Å². The van der Waals surface area contributed by atoms with Crippen LogP contribution in [0.25, 0.3) is 22.6 Å². The van der Waals surface area contributed by atoms with Gasteiger partial charge in [-0.3, -0.25) is 4.90 Å². The Labute approximate surface area is 196 Å². The van der Waals surface area contributed by atoms with Crippen LogP contribution in [0.5, 0.6) is 0 Å². The standard InChI is InChI=1S/C28H22N2O4/c31-27(32)20-12-10-18(11-13-20)14-21-16-30(15-19-6-2-1-3-7-19)17-23-25(28(33)34)22-8-4-5-9-24(22)29-26(21)23/h1-14H,15-17H2,(H,31,32)(H,33,34)/b21-14+. The van der Waals surface area contributed by atoms with Gasteiger partial charge >= 0.3 is 11.9 Å². The Balaban J connectivity index is 1.66. The molecule has 0 atom stereocenters. The second kappa shape index (κ2) is 8.92. The van der Waals surface area contributed by atoms with Crippen LogP contribution in [0.4, 0.5) is 0 Å². The van der Waals surface area contributed by atoms with E-state index in [1.807, 2.05) is 42.5 Å². The Morgan fingerprint density at radius 1 is 0.853 bits per heavy atom. The normalized spacial score (nSPS) is 14.8. The molecular formula is C28H22N2O4. The van der Waals surface area contributed by atoms with Gasteiger partial charge < -0.3 is 10.2 Å². The summed E-state index contributed by atoms with van der Waals surface area (Å²) in [5.74, 6) is -1.95. The predicted octanol–water partition coefficient (Wildman–Crippen LogP) is 5.19. The summed E-state index contributed by atoms with van der Waals surface area (Å²) in [6, 6.07) is 24.0. The number of aromatic carboxylic acids is 2. The molecule has 0 unspecified atom stereocenters. The fourth-order valence-electron chi connectivity index (χ4n) is 4.50. The Morgan fingerprint density at radius 2 is 1.56 bits per heavy atom. The first-order chi connectivity index (χ1) is 16.5. The minimum Gasteiger partial charge on any atom is -0.478 e. The molecule has 4 aromatic rings. The number of carboxylic acid groups (broad SMARTS) is 2. The summed E-state index contributed by atoms with van der Waals surface area (Å²) in [7, 11) is 0. The fourth-order valence-corrected chi connectivity index (χ4v) is 4.50. The Morgan fingerprint density at radius 3 is 2.26 bits per heavy atom. The van der Waals surface area contributed by atoms with Crippen molar-refractivity contribution < 1.29 is 19.8 Å². The zero-order valence-corrected chi connectivity index (χ0v) is 18.3. The highest BCUT2D eigenvalue weighted by Gasteiger charge is 2.28. The van der Waals surface area contributed by atoms with Crippen molar-refractivity contribution in [3.05, 3.63) is 112 Å². The third kappa shape index (κ3) is 4.19. The molecule has 0 saturated heterocycles. The van der Waals surface area contributed by atoms with E-state index in [1.165, 1.54) is 0 Å². The van der Waals surface area contributed by atoms with E-state index >= 15 is 0 Å². The molecule has 0 radical (unpaired) electrons. The van der Waals surface area contributed by atoms with Gasteiger partial charge in [-0.2, -0.15) is 0 Å². The van der Waals surface area contributed by atoms with Crippen LogP contribution >= 0.6 is 0 Å². The van der Waals surface area contributed by atoms with Gasteiger partial charge in [0.25, 0.3) is 0 Å². The Bertz CT molecular complexity index is 1430. The van der Waals surface area contributed by atoms with Gasteiger partial charge in [-0.15, -0.1) is 0 Å². The van der Waals surface area contributed by atoms with E-state index in [2.05, 4.69) is 17.0 Å². The number of hydrogen-bond donors (Lipinski definition) is 2. The van der Waals surface area contributed by atoms with Crippen molar-refractivity contribution in [3.8, 4) is 0 Å². The average Bonchev–Trinajstić information content (AvgIpc) is 2.83. The molecule has 34 heavy (non-hydrogen) atoms. The highest BCUT2D eigenvalue weighted by Crippen LogP contribution is 2.34. The first-order valence-electron chi connectivity index (χ1n) is 10.9. The van der Waals surface area contributed by atoms with E-state index < -0.39 is 11.9 Å². The summed E-state index contributed by atoms with van der Waals surface area (Å²) in [4.78, 5) is 30.7. The van der Waals surface area contributed by atoms with Crippen LogP contribution < -0.4 is 0 Å². The maximum Gasteiger partial charge on any atom is 0.336 e. The molecule has 168 valence electrons. The number of hydrogen-bond acceptors (Lipinski definition) is 4. The first kappa shape index (κ1) is 21.6. The van der Waals surface area contributed by atoms with Crippen molar-refractivity contribution >= 4 is 34.5 Å². The average molecular weight is 450 g/mol. The van der Waals surface area contributed by atoms with E-state index in [4.69, 9.17) is 4.98 Å². The molecule has 0 bridgehead atoms. The Hall–Kier alpha value is -4.29. The quantitative estimate of drug-likeness (QED) is 0.435. The Kier molecular flexibility index (Phi) is 5.65. The van der Waals surface area contributed by atoms with Crippen molar-refractivity contribution in [2.45, 2.75) is 13.1 Å². The molecule has 3 aromatic carbocycles. The molecule has 0 amide bonds. The lowest BCUT2D eigenvalue weighted by molar-refractivity contribution is 0.0685. The molecule has 2 heterocycles. The molecule has 1 aliphatic rings. The molecule has 2 N–H and O–H groups in total. The zero-order valence-electron chi connectivity index (χ0n) is 18.3. The first-order valence-corrected chi connectivity index (χ1v) is 10.9. The maximum absolute atomic E-state index is 12.4. The summed E-state index contributed by atoms with van der Waals surface area (Å²) in [6.45, 7) is 1.73. The lowest BCUT2D eigenvalue weighted by Crippen LogP contribution is -2.31. The maximum atomic E-state index is 12.4. The molecule has 0 spiro atoms. The molecule has 5 rings (SSSR count). The van der Waals surface area contributed by atoms with E-state index in [9.17, 15) is 19.8 Å². The number of rotatable bonds is 5. The van der Waals surface area contributed by atoms with Gasteiger partial charge in [-0.05, 0) is 41.0 Å². The second-order valence-electron chi connectivity index (χ2n) is 8.36. The van der Waals surface area contributed by atoms with Gasteiger partial charge in [0.15, 0.2) is 0 Å². The molecule has 6 nitrogen and oxygen atoms in total. The van der Waals surface area contributed by atoms with Crippen molar-refractivity contribution in [2.24, 2.45) is 0 Å². The van der Waals surface area contributed by atoms with Gasteiger partial charge in [-0.25, -0.2) is 14.6 Å². The SMILES string of the molecule is O=C(O)c1ccc(/C=C2\CN(Cc3ccccc3)Cc3c2nc2ccccc2c3C(=O)O)cc1. The largest absolute Gasteiger partial charge is 0.478 e. The van der Waals surface area contributed by atoms with Crippen molar-refractivity contribution in [1.82, 2.24) is 9.88 Å². The summed E-state index contributed by atoms with van der Waals surface area (Å²) >= 11 is 0. The molecule has 1 aliphatic heterocycles. The van der Waals surface area contributed by atoms with E-state index in [-0.39, 0.29) is 11.1 Å². The van der Waals surface area contributed by atoms with E-state index in [1.54, 1.807) is 30.3 Å². The van der Waals surface area contributed by atoms with Gasteiger partial charge in [0.05, 0.1) is 22.3 Å². The van der Waals surface area contributed by atoms with Crippen molar-refractivity contribution in [3.63, 3.8) is 0 Å². The molecule has 1 aromatic heterocycles. The van der Waals surface area contributed by atoms with Crippen molar-refractivity contribution in [1.29, 1.82) is 0 Å². The monoisotopic (exact) mass is 450 g/mol. The number of pyridine rings is 1. The third-order valence-corrected chi connectivity index (χ3v) is 6.03. The van der Waals surface area contributed by atoms with Gasteiger partial charge in [0, 0.05) is 30.6 Å². The van der Waals surface area contributed by atoms with Crippen LogP contribution in [0.2, 0.25) is 0 Å². The molecule has 6 heteroatoms. The molecular weight excluding hydrogens is 428 g/mol. The number of para-hydroxylation sites is 1. The number of nitrogens with zero attached hydrogens (tertiary/aromatic N) is 2. The topological polar surface area (TPSA) is 90.7 Å². The van der Waals surface area contributed by atoms with E-state index in [0.717, 1.165) is 16.7 Å². The van der Waals surface area contributed by atoms with Crippen LogP contribution in [0, 0.1) is 0 Å². The molecule has 0 aliphatic carbocycles. The van der Waals surface area contributed by atoms with E-state index in [0.29, 0.717) is 41.8 Å². The molecule has 0 saturated carbocycles. The van der Waals surface area contributed by atoms with Gasteiger partial charge in [0.2, 0.25) is 0 Å². The summed E-state index contributed by atoms with van der Waals surface area (Å²) < 4.78 is 0. The van der Waals surface area contributed by atoms with Crippen LogP contribution in [0.3, 0.4) is 0 Å². The third-order valence-electron chi connectivity index (χ3n) is 6.03. The van der Waals surface area contributed by atoms with Crippen LogP contribution in [-0.4, -0.2) is 38.6 Å². The van der Waals surface area contributed by atoms with Crippen LogP contribution in [0.15, 0.2) is 78.9 Å². The number of carbonyl (C=O) groups is 2. The summed E-state index contributed by atoms with van der Waals surface area (Å²) in [6.07, 6.45) is 1.97. The second-order valence-corrected chi connectivity index (χ2v) is 8.36. The number of aromatic nitrogens is 1. The smallest absolute Gasteiger partial charge is 0.336 e. The highest BCUT2D eigenvalue weighted by atomic mass is 16.4. The minimum atomic E-state index is -0.976. The number of benzene rings is 3. The lowest BCUT2D eigenvalue weighted by atomic mass is 9.91. The fraction of sp³-hybridized carbons (Fsp3) is 0.107. The van der Waals surface area contributed by atoms with Crippen LogP contribution in [-0.2, 0) is 13.1 Å². The predicted molar refractivity (Wildman–Crippen MR) is 131 cm³/mol.